The summed E-state index contributed by atoms with van der Waals surface area (Å²) in [4.78, 5) is 4.93. The third kappa shape index (κ3) is 5.02. The van der Waals surface area contributed by atoms with Gasteiger partial charge in [0.2, 0.25) is 0 Å². The van der Waals surface area contributed by atoms with Crippen molar-refractivity contribution in [3.63, 3.8) is 0 Å². The maximum atomic E-state index is 13.3. The monoisotopic (exact) mass is 325 g/mol. The number of hydrogen-bond donors (Lipinski definition) is 0. The van der Waals surface area contributed by atoms with Gasteiger partial charge in [0.05, 0.1) is 0 Å². The van der Waals surface area contributed by atoms with E-state index in [0.717, 1.165) is 48.1 Å². The smallest absolute Gasteiger partial charge is 0.123 e. The molecular weight excluding hydrogens is 297 g/mol. The highest BCUT2D eigenvalue weighted by Crippen LogP contribution is 2.24. The second kappa shape index (κ2) is 8.77. The Morgan fingerprint density at radius 1 is 1.21 bits per heavy atom. The number of rotatable bonds is 8. The first kappa shape index (κ1) is 18.4. The number of halogens is 1. The highest BCUT2D eigenvalue weighted by molar-refractivity contribution is 5.63. The van der Waals surface area contributed by atoms with Crippen LogP contribution in [-0.2, 0) is 12.8 Å². The van der Waals surface area contributed by atoms with Gasteiger partial charge in [0.1, 0.15) is 5.82 Å². The summed E-state index contributed by atoms with van der Waals surface area (Å²) >= 11 is 0. The van der Waals surface area contributed by atoms with E-state index in [2.05, 4.69) is 32.6 Å². The van der Waals surface area contributed by atoms with Gasteiger partial charge in [-0.2, -0.15) is 0 Å². The molecule has 1 aromatic carbocycles. The molecule has 0 fully saturated rings. The maximum Gasteiger partial charge on any atom is 0.123 e. The van der Waals surface area contributed by atoms with Gasteiger partial charge < -0.3 is 0 Å². The number of hydrogen-bond acceptors (Lipinski definition) is 1. The number of aromatic nitrogens is 1. The largest absolute Gasteiger partial charge is 0.257 e. The molecule has 128 valence electrons. The van der Waals surface area contributed by atoms with Crippen molar-refractivity contribution in [3.8, 4) is 0 Å². The van der Waals surface area contributed by atoms with Crippen LogP contribution in [0.3, 0.4) is 0 Å². The van der Waals surface area contributed by atoms with Gasteiger partial charge in [-0.1, -0.05) is 45.0 Å². The quantitative estimate of drug-likeness (QED) is 0.552. The Bertz CT molecular complexity index is 690. The average Bonchev–Trinajstić information content (AvgIpc) is 2.55. The van der Waals surface area contributed by atoms with Gasteiger partial charge in [-0.3, -0.25) is 4.98 Å². The number of aryl methyl sites for hydroxylation is 2. The van der Waals surface area contributed by atoms with E-state index in [-0.39, 0.29) is 5.82 Å². The van der Waals surface area contributed by atoms with Crippen LogP contribution >= 0.6 is 0 Å². The summed E-state index contributed by atoms with van der Waals surface area (Å²) in [6.45, 7) is 10.6. The minimum atomic E-state index is -0.163. The van der Waals surface area contributed by atoms with Crippen LogP contribution in [0.5, 0.6) is 0 Å². The van der Waals surface area contributed by atoms with E-state index in [1.165, 1.54) is 18.2 Å². The summed E-state index contributed by atoms with van der Waals surface area (Å²) in [7, 11) is 0. The van der Waals surface area contributed by atoms with E-state index < -0.39 is 0 Å². The van der Waals surface area contributed by atoms with Crippen LogP contribution in [0.15, 0.2) is 43.0 Å². The zero-order valence-electron chi connectivity index (χ0n) is 15.1. The SMILES string of the molecule is C=C(C)c1ccc(C(C)CCC)nc1CCCc1cccc(F)c1. The lowest BCUT2D eigenvalue weighted by Crippen LogP contribution is -2.04. The molecule has 0 saturated heterocycles. The summed E-state index contributed by atoms with van der Waals surface area (Å²) in [5.74, 6) is 0.319. The molecule has 0 bridgehead atoms. The van der Waals surface area contributed by atoms with Gasteiger partial charge in [0.25, 0.3) is 0 Å². The van der Waals surface area contributed by atoms with Crippen LogP contribution in [0.4, 0.5) is 4.39 Å². The first-order valence-corrected chi connectivity index (χ1v) is 8.91. The van der Waals surface area contributed by atoms with Gasteiger partial charge in [0, 0.05) is 11.4 Å². The van der Waals surface area contributed by atoms with Crippen LogP contribution in [-0.4, -0.2) is 4.98 Å². The number of benzene rings is 1. The molecule has 2 aromatic rings. The molecule has 2 rings (SSSR count). The lowest BCUT2D eigenvalue weighted by Gasteiger charge is -2.15. The van der Waals surface area contributed by atoms with Gasteiger partial charge in [-0.05, 0) is 73.4 Å². The lowest BCUT2D eigenvalue weighted by atomic mass is 9.97. The van der Waals surface area contributed by atoms with Crippen LogP contribution in [0, 0.1) is 5.82 Å². The maximum absolute atomic E-state index is 13.3. The molecule has 0 spiro atoms. The molecule has 2 heteroatoms. The highest BCUT2D eigenvalue weighted by atomic mass is 19.1. The second-order valence-electron chi connectivity index (χ2n) is 6.68. The van der Waals surface area contributed by atoms with E-state index in [1.807, 2.05) is 13.0 Å². The van der Waals surface area contributed by atoms with Crippen molar-refractivity contribution in [2.75, 3.05) is 0 Å². The molecule has 0 saturated carbocycles. The highest BCUT2D eigenvalue weighted by Gasteiger charge is 2.11. The van der Waals surface area contributed by atoms with Crippen molar-refractivity contribution in [2.45, 2.75) is 58.8 Å². The van der Waals surface area contributed by atoms with Crippen molar-refractivity contribution in [1.29, 1.82) is 0 Å². The Labute approximate surface area is 145 Å². The molecule has 1 atom stereocenters. The molecule has 0 radical (unpaired) electrons. The minimum Gasteiger partial charge on any atom is -0.257 e. The van der Waals surface area contributed by atoms with Crippen molar-refractivity contribution in [3.05, 3.63) is 71.3 Å². The van der Waals surface area contributed by atoms with Gasteiger partial charge in [0.15, 0.2) is 0 Å². The summed E-state index contributed by atoms with van der Waals surface area (Å²) in [5.41, 5.74) is 5.55. The number of nitrogens with zero attached hydrogens (tertiary/aromatic N) is 1. The van der Waals surface area contributed by atoms with Gasteiger partial charge in [-0.15, -0.1) is 0 Å². The molecule has 1 unspecified atom stereocenters. The van der Waals surface area contributed by atoms with Gasteiger partial charge >= 0.3 is 0 Å². The van der Waals surface area contributed by atoms with Crippen LogP contribution < -0.4 is 0 Å². The standard InChI is InChI=1S/C22H28FN/c1-5-8-17(4)21-14-13-20(16(2)3)22(24-21)12-7-10-18-9-6-11-19(23)15-18/h6,9,11,13-15,17H,2,5,7-8,10,12H2,1,3-4H3. The second-order valence-corrected chi connectivity index (χ2v) is 6.68. The molecular formula is C22H28FN. The Morgan fingerprint density at radius 3 is 2.67 bits per heavy atom. The fraction of sp³-hybridized carbons (Fsp3) is 0.409. The number of pyridine rings is 1. The molecule has 1 aromatic heterocycles. The molecule has 0 aliphatic heterocycles. The summed E-state index contributed by atoms with van der Waals surface area (Å²) in [5, 5.41) is 0. The molecule has 0 aliphatic rings. The topological polar surface area (TPSA) is 12.9 Å². The van der Waals surface area contributed by atoms with E-state index in [9.17, 15) is 4.39 Å². The minimum absolute atomic E-state index is 0.163. The van der Waals surface area contributed by atoms with Crippen LogP contribution in [0.1, 0.15) is 68.5 Å². The van der Waals surface area contributed by atoms with E-state index >= 15 is 0 Å². The first-order chi connectivity index (χ1) is 11.5. The van der Waals surface area contributed by atoms with E-state index in [4.69, 9.17) is 4.98 Å². The fourth-order valence-corrected chi connectivity index (χ4v) is 3.11. The average molecular weight is 325 g/mol. The Balaban J connectivity index is 2.11. The van der Waals surface area contributed by atoms with Crippen LogP contribution in [0.2, 0.25) is 0 Å². The molecule has 1 heterocycles. The summed E-state index contributed by atoms with van der Waals surface area (Å²) < 4.78 is 13.3. The molecule has 1 nitrogen and oxygen atoms in total. The Morgan fingerprint density at radius 2 is 2.00 bits per heavy atom. The van der Waals surface area contributed by atoms with E-state index in [0.29, 0.717) is 5.92 Å². The molecule has 0 N–H and O–H groups in total. The zero-order chi connectivity index (χ0) is 17.5. The summed E-state index contributed by atoms with van der Waals surface area (Å²) in [6, 6.07) is 11.2. The lowest BCUT2D eigenvalue weighted by molar-refractivity contribution is 0.624. The normalized spacial score (nSPS) is 12.2. The van der Waals surface area contributed by atoms with Crippen molar-refractivity contribution < 1.29 is 4.39 Å². The third-order valence-electron chi connectivity index (χ3n) is 4.45. The molecule has 24 heavy (non-hydrogen) atoms. The van der Waals surface area contributed by atoms with Crippen molar-refractivity contribution in [2.24, 2.45) is 0 Å². The van der Waals surface area contributed by atoms with Crippen LogP contribution in [0.25, 0.3) is 5.57 Å². The van der Waals surface area contributed by atoms with Crippen molar-refractivity contribution in [1.82, 2.24) is 4.98 Å². The predicted molar refractivity (Wildman–Crippen MR) is 101 cm³/mol. The van der Waals surface area contributed by atoms with Gasteiger partial charge in [-0.25, -0.2) is 4.39 Å². The Hall–Kier alpha value is -1.96. The van der Waals surface area contributed by atoms with E-state index in [1.54, 1.807) is 12.1 Å². The summed E-state index contributed by atoms with van der Waals surface area (Å²) in [6.07, 6.45) is 5.04. The molecule has 0 amide bonds. The third-order valence-corrected chi connectivity index (χ3v) is 4.45. The fourth-order valence-electron chi connectivity index (χ4n) is 3.11. The number of allylic oxidation sites excluding steroid dienone is 1. The Kier molecular flexibility index (Phi) is 6.72. The predicted octanol–water partition coefficient (Wildman–Crippen LogP) is 6.33. The zero-order valence-corrected chi connectivity index (χ0v) is 15.1. The van der Waals surface area contributed by atoms with Crippen molar-refractivity contribution >= 4 is 5.57 Å². The molecule has 0 aliphatic carbocycles. The first-order valence-electron chi connectivity index (χ1n) is 8.91.